The Kier molecular flexibility index (Phi) is 3.23. The lowest BCUT2D eigenvalue weighted by molar-refractivity contribution is 0.415. The summed E-state index contributed by atoms with van der Waals surface area (Å²) in [5, 5.41) is 1.36. The number of rotatable bonds is 2. The largest absolute Gasteiger partial charge is 0.495 e. The van der Waals surface area contributed by atoms with E-state index in [-0.39, 0.29) is 0 Å². The third-order valence-electron chi connectivity index (χ3n) is 3.01. The quantitative estimate of drug-likeness (QED) is 0.707. The van der Waals surface area contributed by atoms with Crippen molar-refractivity contribution in [3.8, 4) is 17.2 Å². The Morgan fingerprint density at radius 2 is 2.20 bits per heavy atom. The Labute approximate surface area is 125 Å². The van der Waals surface area contributed by atoms with Crippen LogP contribution in [-0.2, 0) is 0 Å². The summed E-state index contributed by atoms with van der Waals surface area (Å²) < 4.78 is 11.4. The second kappa shape index (κ2) is 4.92. The van der Waals surface area contributed by atoms with Crippen LogP contribution in [0.25, 0.3) is 22.4 Å². The van der Waals surface area contributed by atoms with E-state index < -0.39 is 0 Å². The average molecular weight is 307 g/mol. The van der Waals surface area contributed by atoms with Crippen molar-refractivity contribution < 1.29 is 9.15 Å². The number of oxazole rings is 1. The number of ether oxygens (including phenoxy) is 1. The first-order chi connectivity index (χ1) is 9.60. The van der Waals surface area contributed by atoms with Gasteiger partial charge in [0.25, 0.3) is 0 Å². The highest BCUT2D eigenvalue weighted by Gasteiger charge is 2.11. The number of hydrogen-bond donors (Lipinski definition) is 1. The van der Waals surface area contributed by atoms with Crippen LogP contribution in [0.15, 0.2) is 28.8 Å². The molecule has 1 aromatic carbocycles. The molecule has 0 aliphatic heterocycles. The van der Waals surface area contributed by atoms with Crippen molar-refractivity contribution in [2.24, 2.45) is 0 Å². The molecule has 0 amide bonds. The van der Waals surface area contributed by atoms with Gasteiger partial charge in [0, 0.05) is 16.8 Å². The normalized spacial score (nSPS) is 10.9. The molecule has 6 heteroatoms. The Hall–Kier alpha value is -1.85. The van der Waals surface area contributed by atoms with Crippen LogP contribution < -0.4 is 4.74 Å². The Bertz CT molecular complexity index is 854. The predicted octanol–water partition coefficient (Wildman–Crippen LogP) is 4.52. The van der Waals surface area contributed by atoms with Crippen molar-refractivity contribution >= 4 is 34.7 Å². The summed E-state index contributed by atoms with van der Waals surface area (Å²) in [5.41, 5.74) is 1.46. The Morgan fingerprint density at radius 1 is 1.40 bits per heavy atom. The highest BCUT2D eigenvalue weighted by molar-refractivity contribution is 7.71. The van der Waals surface area contributed by atoms with Gasteiger partial charge in [-0.2, -0.15) is 0 Å². The summed E-state index contributed by atoms with van der Waals surface area (Å²) in [6.45, 7) is 1.79. The molecule has 0 aliphatic carbocycles. The molecule has 3 rings (SSSR count). The number of aromatic amines is 1. The fourth-order valence-corrected chi connectivity index (χ4v) is 2.62. The lowest BCUT2D eigenvalue weighted by atomic mass is 10.2. The van der Waals surface area contributed by atoms with Crippen LogP contribution >= 0.6 is 23.8 Å². The molecule has 2 aromatic heterocycles. The maximum Gasteiger partial charge on any atom is 0.191 e. The van der Waals surface area contributed by atoms with Crippen molar-refractivity contribution in [3.63, 3.8) is 0 Å². The van der Waals surface area contributed by atoms with Crippen LogP contribution in [0.2, 0.25) is 5.02 Å². The zero-order valence-corrected chi connectivity index (χ0v) is 12.4. The van der Waals surface area contributed by atoms with Crippen LogP contribution in [0, 0.1) is 11.4 Å². The number of halogens is 1. The third kappa shape index (κ3) is 2.09. The number of nitrogens with one attached hydrogen (secondary N) is 1. The van der Waals surface area contributed by atoms with Crippen LogP contribution in [0.1, 0.15) is 5.89 Å². The number of benzene rings is 1. The lowest BCUT2D eigenvalue weighted by Gasteiger charge is -2.08. The average Bonchev–Trinajstić information content (AvgIpc) is 2.86. The maximum absolute atomic E-state index is 6.33. The van der Waals surface area contributed by atoms with Crippen LogP contribution in [0.4, 0.5) is 0 Å². The smallest absolute Gasteiger partial charge is 0.191 e. The number of methoxy groups -OCH3 is 1. The fraction of sp³-hybridized carbons (Fsp3) is 0.143. The van der Waals surface area contributed by atoms with E-state index in [1.165, 1.54) is 0 Å². The maximum atomic E-state index is 6.33. The Morgan fingerprint density at radius 3 is 2.85 bits per heavy atom. The Balaban J connectivity index is 2.32. The predicted molar refractivity (Wildman–Crippen MR) is 80.9 cm³/mol. The van der Waals surface area contributed by atoms with Gasteiger partial charge in [-0.15, -0.1) is 0 Å². The molecule has 0 atom stereocenters. The standard InChI is InChI=1S/C14H11ClN2O2S/c1-7-16-6-11(19-7)9-5-12(20)8-3-4-10(18-2)13(15)14(8)17-9/h3-6H,1-2H3,(H,17,20). The monoisotopic (exact) mass is 306 g/mol. The number of H-pyrrole nitrogens is 1. The molecular formula is C14H11ClN2O2S. The SMILES string of the molecule is COc1ccc2c(=S)cc(-c3cnc(C)o3)[nH]c2c1Cl. The van der Waals surface area contributed by atoms with Crippen molar-refractivity contribution in [3.05, 3.63) is 39.8 Å². The summed E-state index contributed by atoms with van der Waals surface area (Å²) in [5.74, 6) is 1.81. The lowest BCUT2D eigenvalue weighted by Crippen LogP contribution is -1.90. The van der Waals surface area contributed by atoms with E-state index in [1.54, 1.807) is 26.3 Å². The molecule has 102 valence electrons. The highest BCUT2D eigenvalue weighted by Crippen LogP contribution is 2.33. The molecule has 0 bridgehead atoms. The first-order valence-corrected chi connectivity index (χ1v) is 6.71. The van der Waals surface area contributed by atoms with Crippen LogP contribution in [0.5, 0.6) is 5.75 Å². The van der Waals surface area contributed by atoms with Crippen molar-refractivity contribution in [1.29, 1.82) is 0 Å². The summed E-state index contributed by atoms with van der Waals surface area (Å²) in [6.07, 6.45) is 1.65. The van der Waals surface area contributed by atoms with Gasteiger partial charge in [-0.3, -0.25) is 0 Å². The van der Waals surface area contributed by atoms with Crippen molar-refractivity contribution in [2.75, 3.05) is 7.11 Å². The first-order valence-electron chi connectivity index (χ1n) is 5.92. The number of hydrogen-bond acceptors (Lipinski definition) is 4. The highest BCUT2D eigenvalue weighted by atomic mass is 35.5. The number of aromatic nitrogens is 2. The van der Waals surface area contributed by atoms with E-state index in [2.05, 4.69) is 9.97 Å². The molecule has 1 N–H and O–H groups in total. The van der Waals surface area contributed by atoms with Crippen molar-refractivity contribution in [1.82, 2.24) is 9.97 Å². The minimum Gasteiger partial charge on any atom is -0.495 e. The molecule has 0 unspecified atom stereocenters. The van der Waals surface area contributed by atoms with Gasteiger partial charge in [-0.1, -0.05) is 23.8 Å². The second-order valence-electron chi connectivity index (χ2n) is 4.30. The molecule has 0 saturated heterocycles. The molecule has 0 aliphatic rings. The van der Waals surface area contributed by atoms with Gasteiger partial charge in [0.2, 0.25) is 0 Å². The van der Waals surface area contributed by atoms with Crippen LogP contribution in [0.3, 0.4) is 0 Å². The second-order valence-corrected chi connectivity index (χ2v) is 5.11. The van der Waals surface area contributed by atoms with Gasteiger partial charge in [0.15, 0.2) is 11.7 Å². The first kappa shape index (κ1) is 13.1. The zero-order valence-electron chi connectivity index (χ0n) is 10.9. The fourth-order valence-electron chi connectivity index (χ4n) is 2.04. The number of pyridine rings is 1. The molecule has 20 heavy (non-hydrogen) atoms. The van der Waals surface area contributed by atoms with Crippen LogP contribution in [-0.4, -0.2) is 17.1 Å². The van der Waals surface area contributed by atoms with E-state index in [0.717, 1.165) is 16.6 Å². The molecule has 4 nitrogen and oxygen atoms in total. The molecule has 0 spiro atoms. The topological polar surface area (TPSA) is 51.1 Å². The summed E-state index contributed by atoms with van der Waals surface area (Å²) in [7, 11) is 1.57. The van der Waals surface area contributed by atoms with E-state index in [4.69, 9.17) is 33.0 Å². The van der Waals surface area contributed by atoms with E-state index in [0.29, 0.717) is 26.9 Å². The summed E-state index contributed by atoms with van der Waals surface area (Å²) >= 11 is 11.7. The zero-order chi connectivity index (χ0) is 14.3. The molecular weight excluding hydrogens is 296 g/mol. The van der Waals surface area contributed by atoms with Gasteiger partial charge < -0.3 is 14.1 Å². The number of nitrogens with zero attached hydrogens (tertiary/aromatic N) is 1. The summed E-state index contributed by atoms with van der Waals surface area (Å²) in [4.78, 5) is 7.31. The van der Waals surface area contributed by atoms with Gasteiger partial charge in [0.1, 0.15) is 10.8 Å². The molecule has 0 radical (unpaired) electrons. The molecule has 3 aromatic rings. The van der Waals surface area contributed by atoms with E-state index in [9.17, 15) is 0 Å². The number of fused-ring (bicyclic) bond motifs is 1. The molecule has 0 saturated carbocycles. The third-order valence-corrected chi connectivity index (χ3v) is 3.73. The molecule has 2 heterocycles. The minimum atomic E-state index is 0.495. The van der Waals surface area contributed by atoms with Gasteiger partial charge in [-0.25, -0.2) is 4.98 Å². The van der Waals surface area contributed by atoms with E-state index >= 15 is 0 Å². The number of aryl methyl sites for hydroxylation is 1. The van der Waals surface area contributed by atoms with Gasteiger partial charge in [-0.05, 0) is 18.2 Å². The van der Waals surface area contributed by atoms with Gasteiger partial charge in [0.05, 0.1) is 24.5 Å². The minimum absolute atomic E-state index is 0.495. The summed E-state index contributed by atoms with van der Waals surface area (Å²) in [6, 6.07) is 5.52. The van der Waals surface area contributed by atoms with Gasteiger partial charge >= 0.3 is 0 Å². The molecule has 0 fully saturated rings. The van der Waals surface area contributed by atoms with Crippen molar-refractivity contribution in [2.45, 2.75) is 6.92 Å². The van der Waals surface area contributed by atoms with E-state index in [1.807, 2.05) is 12.1 Å².